The van der Waals surface area contributed by atoms with Gasteiger partial charge in [-0.1, -0.05) is 24.3 Å². The Hall–Kier alpha value is -4.35. The number of carbonyl (C=O) groups is 1. The zero-order valence-electron chi connectivity index (χ0n) is 18.8. The number of nitrogens with zero attached hydrogens (tertiary/aromatic N) is 7. The number of carbonyl (C=O) groups excluding carboxylic acids is 1. The number of hydrogen-bond acceptors (Lipinski definition) is 7. The van der Waals surface area contributed by atoms with Crippen LogP contribution >= 0.6 is 0 Å². The lowest BCUT2D eigenvalue weighted by molar-refractivity contribution is -0.137. The molecule has 2 aromatic heterocycles. The van der Waals surface area contributed by atoms with Gasteiger partial charge in [0.2, 0.25) is 17.7 Å². The highest BCUT2D eigenvalue weighted by Gasteiger charge is 2.31. The van der Waals surface area contributed by atoms with Gasteiger partial charge < -0.3 is 9.32 Å². The molecule has 1 amide bonds. The van der Waals surface area contributed by atoms with Crippen molar-refractivity contribution < 1.29 is 22.4 Å². The highest BCUT2D eigenvalue weighted by molar-refractivity contribution is 5.91. The summed E-state index contributed by atoms with van der Waals surface area (Å²) in [6.45, 7) is 1.64. The Kier molecular flexibility index (Phi) is 6.71. The molecule has 0 bridgehead atoms. The molecule has 4 rings (SSSR count). The fourth-order valence-electron chi connectivity index (χ4n) is 3.21. The molecule has 2 heterocycles. The van der Waals surface area contributed by atoms with E-state index < -0.39 is 17.6 Å². The van der Waals surface area contributed by atoms with E-state index in [2.05, 4.69) is 25.6 Å². The van der Waals surface area contributed by atoms with E-state index in [9.17, 15) is 18.0 Å². The van der Waals surface area contributed by atoms with Gasteiger partial charge in [0.15, 0.2) is 5.82 Å². The Balaban J connectivity index is 1.49. The van der Waals surface area contributed by atoms with Crippen LogP contribution in [0.2, 0.25) is 0 Å². The van der Waals surface area contributed by atoms with E-state index >= 15 is 0 Å². The van der Waals surface area contributed by atoms with Crippen molar-refractivity contribution in [2.24, 2.45) is 0 Å². The number of aromatic nitrogens is 6. The van der Waals surface area contributed by atoms with Gasteiger partial charge >= 0.3 is 6.18 Å². The lowest BCUT2D eigenvalue weighted by Gasteiger charge is -2.13. The van der Waals surface area contributed by atoms with Crippen molar-refractivity contribution in [1.29, 1.82) is 0 Å². The molecule has 9 nitrogen and oxygen atoms in total. The van der Waals surface area contributed by atoms with Gasteiger partial charge in [-0.3, -0.25) is 4.79 Å². The molecule has 0 aliphatic rings. The van der Waals surface area contributed by atoms with Crippen molar-refractivity contribution in [2.75, 3.05) is 7.05 Å². The summed E-state index contributed by atoms with van der Waals surface area (Å²) in [6.07, 6.45) is -1.80. The minimum absolute atomic E-state index is 0.0429. The maximum atomic E-state index is 13.2. The summed E-state index contributed by atoms with van der Waals surface area (Å²) in [5.41, 5.74) is 0.648. The second-order valence-electron chi connectivity index (χ2n) is 7.67. The fourth-order valence-corrected chi connectivity index (χ4v) is 3.21. The molecule has 0 saturated heterocycles. The molecular weight excluding hydrogens is 463 g/mol. The first-order chi connectivity index (χ1) is 16.7. The number of tetrazole rings is 1. The van der Waals surface area contributed by atoms with Gasteiger partial charge in [0.1, 0.15) is 0 Å². The molecule has 0 atom stereocenters. The van der Waals surface area contributed by atoms with Gasteiger partial charge in [0.25, 0.3) is 0 Å². The summed E-state index contributed by atoms with van der Waals surface area (Å²) in [4.78, 5) is 15.2. The van der Waals surface area contributed by atoms with E-state index in [4.69, 9.17) is 4.42 Å². The Morgan fingerprint density at radius 3 is 2.57 bits per heavy atom. The van der Waals surface area contributed by atoms with Gasteiger partial charge in [0.05, 0.1) is 18.7 Å². The molecule has 0 saturated carbocycles. The number of likely N-dealkylation sites (N-methyl/N-ethyl adjacent to an activating group) is 1. The third-order valence-corrected chi connectivity index (χ3v) is 4.98. The predicted molar refractivity (Wildman–Crippen MR) is 118 cm³/mol. The SMILES string of the molecule is Cc1nnn(Cc2cc(C(F)(F)F)ccc2C=CC(=O)N(C)Cc2nnc(-c3ccccc3)o2)n1. The van der Waals surface area contributed by atoms with Crippen LogP contribution in [0.4, 0.5) is 13.2 Å². The van der Waals surface area contributed by atoms with E-state index in [1.165, 1.54) is 27.9 Å². The number of rotatable bonds is 7. The summed E-state index contributed by atoms with van der Waals surface area (Å²) in [6, 6.07) is 12.5. The first kappa shape index (κ1) is 23.8. The molecule has 35 heavy (non-hydrogen) atoms. The van der Waals surface area contributed by atoms with Crippen LogP contribution in [0.25, 0.3) is 17.5 Å². The Bertz CT molecular complexity index is 1350. The average Bonchev–Trinajstić information content (AvgIpc) is 3.46. The third kappa shape index (κ3) is 5.96. The van der Waals surface area contributed by atoms with Crippen molar-refractivity contribution in [2.45, 2.75) is 26.2 Å². The van der Waals surface area contributed by atoms with E-state index in [1.54, 1.807) is 14.0 Å². The minimum atomic E-state index is -4.51. The Morgan fingerprint density at radius 2 is 1.89 bits per heavy atom. The zero-order chi connectivity index (χ0) is 25.0. The number of alkyl halides is 3. The summed E-state index contributed by atoms with van der Waals surface area (Å²) in [5, 5.41) is 19.5. The molecule has 0 radical (unpaired) electrons. The van der Waals surface area contributed by atoms with Gasteiger partial charge in [0, 0.05) is 18.7 Å². The van der Waals surface area contributed by atoms with Crippen LogP contribution in [0.1, 0.15) is 28.4 Å². The lowest BCUT2D eigenvalue weighted by atomic mass is 10.0. The van der Waals surface area contributed by atoms with Gasteiger partial charge in [-0.2, -0.15) is 18.0 Å². The molecule has 2 aromatic carbocycles. The number of benzene rings is 2. The van der Waals surface area contributed by atoms with Crippen molar-refractivity contribution in [3.05, 3.63) is 83.0 Å². The van der Waals surface area contributed by atoms with Crippen molar-refractivity contribution in [3.63, 3.8) is 0 Å². The van der Waals surface area contributed by atoms with Gasteiger partial charge in [-0.15, -0.1) is 20.4 Å². The quantitative estimate of drug-likeness (QED) is 0.369. The van der Waals surface area contributed by atoms with E-state index in [-0.39, 0.29) is 24.5 Å². The third-order valence-electron chi connectivity index (χ3n) is 4.98. The number of hydrogen-bond donors (Lipinski definition) is 0. The average molecular weight is 483 g/mol. The predicted octanol–water partition coefficient (Wildman–Crippen LogP) is 3.77. The zero-order valence-corrected chi connectivity index (χ0v) is 18.8. The van der Waals surface area contributed by atoms with Crippen LogP contribution in [0.15, 0.2) is 59.0 Å². The smallest absolute Gasteiger partial charge is 0.416 e. The van der Waals surface area contributed by atoms with Gasteiger partial charge in [-0.25, -0.2) is 0 Å². The number of halogens is 3. The Labute approximate surface area is 197 Å². The first-order valence-electron chi connectivity index (χ1n) is 10.4. The number of amides is 1. The number of aryl methyl sites for hydroxylation is 1. The van der Waals surface area contributed by atoms with Crippen molar-refractivity contribution in [3.8, 4) is 11.5 Å². The molecule has 4 aromatic rings. The second-order valence-corrected chi connectivity index (χ2v) is 7.67. The molecule has 0 fully saturated rings. The summed E-state index contributed by atoms with van der Waals surface area (Å²) in [5.74, 6) is 0.576. The molecule has 0 aliphatic heterocycles. The molecule has 12 heteroatoms. The lowest BCUT2D eigenvalue weighted by Crippen LogP contribution is -2.24. The normalized spacial score (nSPS) is 11.8. The minimum Gasteiger partial charge on any atom is -0.419 e. The molecule has 180 valence electrons. The fraction of sp³-hybridized carbons (Fsp3) is 0.217. The van der Waals surface area contributed by atoms with Crippen molar-refractivity contribution >= 4 is 12.0 Å². The van der Waals surface area contributed by atoms with Crippen molar-refractivity contribution in [1.82, 2.24) is 35.3 Å². The molecule has 0 unspecified atom stereocenters. The topological polar surface area (TPSA) is 103 Å². The molecule has 0 aliphatic carbocycles. The van der Waals surface area contributed by atoms with Crippen LogP contribution in [0.5, 0.6) is 0 Å². The van der Waals surface area contributed by atoms with E-state index in [0.29, 0.717) is 17.3 Å². The van der Waals surface area contributed by atoms with E-state index in [0.717, 1.165) is 17.7 Å². The summed E-state index contributed by atoms with van der Waals surface area (Å²) in [7, 11) is 1.55. The molecular formula is C23H20F3N7O2. The maximum absolute atomic E-state index is 13.2. The molecule has 0 spiro atoms. The van der Waals surface area contributed by atoms with Crippen LogP contribution in [-0.4, -0.2) is 48.3 Å². The largest absolute Gasteiger partial charge is 0.419 e. The highest BCUT2D eigenvalue weighted by atomic mass is 19.4. The summed E-state index contributed by atoms with van der Waals surface area (Å²) < 4.78 is 45.3. The Morgan fingerprint density at radius 1 is 1.11 bits per heavy atom. The summed E-state index contributed by atoms with van der Waals surface area (Å²) >= 11 is 0. The second kappa shape index (κ2) is 9.87. The monoisotopic (exact) mass is 483 g/mol. The molecule has 0 N–H and O–H groups in total. The highest BCUT2D eigenvalue weighted by Crippen LogP contribution is 2.31. The van der Waals surface area contributed by atoms with E-state index in [1.807, 2.05) is 30.3 Å². The first-order valence-corrected chi connectivity index (χ1v) is 10.4. The van der Waals surface area contributed by atoms with Crippen LogP contribution in [0, 0.1) is 6.92 Å². The van der Waals surface area contributed by atoms with Crippen LogP contribution < -0.4 is 0 Å². The van der Waals surface area contributed by atoms with Gasteiger partial charge in [-0.05, 0) is 53.6 Å². The maximum Gasteiger partial charge on any atom is 0.416 e. The van der Waals surface area contributed by atoms with Crippen LogP contribution in [0.3, 0.4) is 0 Å². The standard InChI is InChI=1S/C23H20F3N7O2/c1-15-27-31-33(30-15)13-18-12-19(23(24,25)26)10-8-16(18)9-11-21(34)32(2)14-20-28-29-22(35-20)17-6-4-3-5-7-17/h3-12H,13-14H2,1-2H3. The van der Waals surface area contributed by atoms with Crippen LogP contribution in [-0.2, 0) is 24.1 Å².